The summed E-state index contributed by atoms with van der Waals surface area (Å²) in [5.41, 5.74) is 2.03. The lowest BCUT2D eigenvalue weighted by molar-refractivity contribution is 0.231. The first-order chi connectivity index (χ1) is 11.1. The standard InChI is InChI=1S/C17H24N4O2/c1-13(6-9-22)11-19-17(23)20-14(2)15-4-3-5-16(10-15)21-8-7-18-12-21/h3-5,7-8,10,12-14,22H,6,9,11H2,1-2H3,(H2,19,20,23). The van der Waals surface area contributed by atoms with Crippen LogP contribution in [-0.4, -0.2) is 33.8 Å². The summed E-state index contributed by atoms with van der Waals surface area (Å²) in [7, 11) is 0. The van der Waals surface area contributed by atoms with Gasteiger partial charge < -0.3 is 20.3 Å². The number of aliphatic hydroxyl groups excluding tert-OH is 1. The molecule has 0 saturated carbocycles. The molecule has 6 nitrogen and oxygen atoms in total. The second-order valence-corrected chi connectivity index (χ2v) is 5.76. The van der Waals surface area contributed by atoms with E-state index in [0.29, 0.717) is 13.0 Å². The highest BCUT2D eigenvalue weighted by molar-refractivity contribution is 5.74. The zero-order valence-corrected chi connectivity index (χ0v) is 13.6. The van der Waals surface area contributed by atoms with Gasteiger partial charge in [0.2, 0.25) is 0 Å². The van der Waals surface area contributed by atoms with Crippen LogP contribution in [0.2, 0.25) is 0 Å². The second kappa shape index (κ2) is 8.33. The Balaban J connectivity index is 1.91. The third kappa shape index (κ3) is 5.10. The molecule has 0 bridgehead atoms. The Morgan fingerprint density at radius 2 is 2.22 bits per heavy atom. The van der Waals surface area contributed by atoms with Crippen molar-refractivity contribution in [1.29, 1.82) is 0 Å². The van der Waals surface area contributed by atoms with Gasteiger partial charge in [-0.3, -0.25) is 0 Å². The molecule has 0 saturated heterocycles. The number of rotatable bonds is 7. The van der Waals surface area contributed by atoms with Gasteiger partial charge in [0, 0.05) is 31.2 Å². The molecule has 0 aliphatic rings. The van der Waals surface area contributed by atoms with Gasteiger partial charge in [-0.1, -0.05) is 19.1 Å². The normalized spacial score (nSPS) is 13.3. The molecular formula is C17H24N4O2. The number of carbonyl (C=O) groups excluding carboxylic acids is 1. The maximum atomic E-state index is 11.9. The van der Waals surface area contributed by atoms with Gasteiger partial charge in [0.25, 0.3) is 0 Å². The first-order valence-corrected chi connectivity index (χ1v) is 7.83. The average Bonchev–Trinajstić information content (AvgIpc) is 3.08. The lowest BCUT2D eigenvalue weighted by Gasteiger charge is -2.17. The highest BCUT2D eigenvalue weighted by Gasteiger charge is 2.11. The van der Waals surface area contributed by atoms with Gasteiger partial charge in [-0.2, -0.15) is 0 Å². The molecule has 0 radical (unpaired) electrons. The lowest BCUT2D eigenvalue weighted by atomic mass is 10.1. The maximum Gasteiger partial charge on any atom is 0.315 e. The maximum absolute atomic E-state index is 11.9. The van der Waals surface area contributed by atoms with Crippen LogP contribution < -0.4 is 10.6 Å². The summed E-state index contributed by atoms with van der Waals surface area (Å²) in [6.45, 7) is 4.63. The summed E-state index contributed by atoms with van der Waals surface area (Å²) in [6, 6.07) is 7.67. The molecule has 23 heavy (non-hydrogen) atoms. The first-order valence-electron chi connectivity index (χ1n) is 7.83. The van der Waals surface area contributed by atoms with Gasteiger partial charge in [-0.15, -0.1) is 0 Å². The summed E-state index contributed by atoms with van der Waals surface area (Å²) in [6.07, 6.45) is 6.04. The Bertz CT molecular complexity index is 613. The number of carbonyl (C=O) groups is 1. The van der Waals surface area contributed by atoms with E-state index in [4.69, 9.17) is 5.11 Å². The van der Waals surface area contributed by atoms with E-state index in [-0.39, 0.29) is 24.6 Å². The van der Waals surface area contributed by atoms with Crippen LogP contribution in [0.25, 0.3) is 5.69 Å². The van der Waals surface area contributed by atoms with Gasteiger partial charge in [0.1, 0.15) is 0 Å². The fourth-order valence-corrected chi connectivity index (χ4v) is 2.29. The third-order valence-electron chi connectivity index (χ3n) is 3.75. The van der Waals surface area contributed by atoms with E-state index in [0.717, 1.165) is 11.3 Å². The Morgan fingerprint density at radius 1 is 1.39 bits per heavy atom. The van der Waals surface area contributed by atoms with E-state index in [1.54, 1.807) is 12.5 Å². The Kier molecular flexibility index (Phi) is 6.17. The molecule has 2 aromatic rings. The predicted molar refractivity (Wildman–Crippen MR) is 89.4 cm³/mol. The number of urea groups is 1. The van der Waals surface area contributed by atoms with E-state index in [1.807, 2.05) is 48.9 Å². The van der Waals surface area contributed by atoms with Crippen LogP contribution in [0.5, 0.6) is 0 Å². The second-order valence-electron chi connectivity index (χ2n) is 5.76. The number of benzene rings is 1. The number of nitrogens with one attached hydrogen (secondary N) is 2. The third-order valence-corrected chi connectivity index (χ3v) is 3.75. The summed E-state index contributed by atoms with van der Waals surface area (Å²) >= 11 is 0. The number of hydrogen-bond donors (Lipinski definition) is 3. The van der Waals surface area contributed by atoms with E-state index in [2.05, 4.69) is 15.6 Å². The molecule has 0 aliphatic heterocycles. The van der Waals surface area contributed by atoms with Crippen LogP contribution in [0.15, 0.2) is 43.0 Å². The van der Waals surface area contributed by atoms with Crippen molar-refractivity contribution in [3.05, 3.63) is 48.5 Å². The molecule has 2 rings (SSSR count). The van der Waals surface area contributed by atoms with Crippen LogP contribution in [-0.2, 0) is 0 Å². The van der Waals surface area contributed by atoms with Crippen LogP contribution in [0.3, 0.4) is 0 Å². The van der Waals surface area contributed by atoms with Crippen LogP contribution >= 0.6 is 0 Å². The fourth-order valence-electron chi connectivity index (χ4n) is 2.29. The van der Waals surface area contributed by atoms with E-state index >= 15 is 0 Å². The van der Waals surface area contributed by atoms with Crippen molar-refractivity contribution in [3.63, 3.8) is 0 Å². The Labute approximate surface area is 136 Å². The van der Waals surface area contributed by atoms with E-state index in [9.17, 15) is 4.79 Å². The molecule has 0 fully saturated rings. The minimum absolute atomic E-state index is 0.105. The summed E-state index contributed by atoms with van der Waals surface area (Å²) < 4.78 is 1.92. The van der Waals surface area contributed by atoms with Crippen LogP contribution in [0, 0.1) is 5.92 Å². The predicted octanol–water partition coefficient (Wildman–Crippen LogP) is 2.25. The fraction of sp³-hybridized carbons (Fsp3) is 0.412. The number of amides is 2. The van der Waals surface area contributed by atoms with E-state index < -0.39 is 0 Å². The van der Waals surface area contributed by atoms with Gasteiger partial charge in [0.05, 0.1) is 12.4 Å². The van der Waals surface area contributed by atoms with E-state index in [1.165, 1.54) is 0 Å². The molecule has 2 unspecified atom stereocenters. The quantitative estimate of drug-likeness (QED) is 0.733. The number of imidazole rings is 1. The molecule has 0 aliphatic carbocycles. The molecule has 124 valence electrons. The summed E-state index contributed by atoms with van der Waals surface area (Å²) in [5.74, 6) is 0.255. The molecule has 2 atom stereocenters. The molecule has 1 heterocycles. The molecular weight excluding hydrogens is 292 g/mol. The van der Waals surface area contributed by atoms with Crippen molar-refractivity contribution in [2.45, 2.75) is 26.3 Å². The number of hydrogen-bond acceptors (Lipinski definition) is 3. The van der Waals surface area contributed by atoms with Crippen molar-refractivity contribution < 1.29 is 9.90 Å². The molecule has 1 aromatic heterocycles. The van der Waals surface area contributed by atoms with Crippen molar-refractivity contribution >= 4 is 6.03 Å². The zero-order valence-electron chi connectivity index (χ0n) is 13.6. The van der Waals surface area contributed by atoms with Crippen molar-refractivity contribution in [1.82, 2.24) is 20.2 Å². The number of aliphatic hydroxyl groups is 1. The number of nitrogens with zero attached hydrogens (tertiary/aromatic N) is 2. The minimum Gasteiger partial charge on any atom is -0.396 e. The first kappa shape index (κ1) is 17.0. The Hall–Kier alpha value is -2.34. The van der Waals surface area contributed by atoms with Gasteiger partial charge in [0.15, 0.2) is 0 Å². The summed E-state index contributed by atoms with van der Waals surface area (Å²) in [4.78, 5) is 16.0. The molecule has 0 spiro atoms. The monoisotopic (exact) mass is 316 g/mol. The highest BCUT2D eigenvalue weighted by atomic mass is 16.3. The number of aromatic nitrogens is 2. The van der Waals surface area contributed by atoms with Gasteiger partial charge >= 0.3 is 6.03 Å². The summed E-state index contributed by atoms with van der Waals surface area (Å²) in [5, 5.41) is 14.6. The zero-order chi connectivity index (χ0) is 16.7. The van der Waals surface area contributed by atoms with Crippen molar-refractivity contribution in [3.8, 4) is 5.69 Å². The largest absolute Gasteiger partial charge is 0.396 e. The average molecular weight is 316 g/mol. The minimum atomic E-state index is -0.199. The highest BCUT2D eigenvalue weighted by Crippen LogP contribution is 2.16. The van der Waals surface area contributed by atoms with Crippen LogP contribution in [0.4, 0.5) is 4.79 Å². The molecule has 6 heteroatoms. The molecule has 2 amide bonds. The van der Waals surface area contributed by atoms with Gasteiger partial charge in [-0.05, 0) is 37.0 Å². The lowest BCUT2D eigenvalue weighted by Crippen LogP contribution is -2.39. The molecule has 3 N–H and O–H groups in total. The van der Waals surface area contributed by atoms with Crippen LogP contribution in [0.1, 0.15) is 31.9 Å². The van der Waals surface area contributed by atoms with Gasteiger partial charge in [-0.25, -0.2) is 9.78 Å². The SMILES string of the molecule is CC(CCO)CNC(=O)NC(C)c1cccc(-n2ccnc2)c1. The smallest absolute Gasteiger partial charge is 0.315 e. The molecule has 1 aromatic carbocycles. The Morgan fingerprint density at radius 3 is 2.91 bits per heavy atom. The topological polar surface area (TPSA) is 79.2 Å². The van der Waals surface area contributed by atoms with Crippen molar-refractivity contribution in [2.75, 3.05) is 13.2 Å². The van der Waals surface area contributed by atoms with Crippen molar-refractivity contribution in [2.24, 2.45) is 5.92 Å².